The quantitative estimate of drug-likeness (QED) is 0.794. The molecular weight excluding hydrogens is 352 g/mol. The molecule has 2 amide bonds. The van der Waals surface area contributed by atoms with Crippen LogP contribution in [-0.2, 0) is 16.1 Å². The van der Waals surface area contributed by atoms with E-state index in [9.17, 15) is 14.7 Å². The van der Waals surface area contributed by atoms with Gasteiger partial charge in [0.05, 0.1) is 18.7 Å². The van der Waals surface area contributed by atoms with Crippen molar-refractivity contribution in [2.24, 2.45) is 0 Å². The van der Waals surface area contributed by atoms with E-state index >= 15 is 0 Å². The van der Waals surface area contributed by atoms with E-state index in [1.54, 1.807) is 48.3 Å². The van der Waals surface area contributed by atoms with Crippen molar-refractivity contribution in [1.82, 2.24) is 9.80 Å². The number of hydrogen-bond donors (Lipinski definition) is 1. The summed E-state index contributed by atoms with van der Waals surface area (Å²) < 4.78 is 0. The lowest BCUT2D eigenvalue weighted by Gasteiger charge is -2.20. The van der Waals surface area contributed by atoms with Crippen molar-refractivity contribution >= 4 is 29.0 Å². The average Bonchev–Trinajstić information content (AvgIpc) is 2.89. The summed E-state index contributed by atoms with van der Waals surface area (Å²) in [6.07, 6.45) is 0. The lowest BCUT2D eigenvalue weighted by atomic mass is 10.0. The number of carbonyl (C=O) groups is 2. The van der Waals surface area contributed by atoms with E-state index < -0.39 is 0 Å². The van der Waals surface area contributed by atoms with Gasteiger partial charge in [0.1, 0.15) is 5.70 Å². The maximum Gasteiger partial charge on any atom is 0.278 e. The normalized spacial score (nSPS) is 14.3. The number of likely N-dealkylation sites (N-methyl/N-ethyl adjacent to an activating group) is 1. The molecule has 3 rings (SSSR count). The summed E-state index contributed by atoms with van der Waals surface area (Å²) >= 11 is 5.90. The molecule has 0 saturated carbocycles. The number of hydrogen-bond acceptors (Lipinski definition) is 4. The highest BCUT2D eigenvalue weighted by Crippen LogP contribution is 2.32. The minimum Gasteiger partial charge on any atom is -0.395 e. The van der Waals surface area contributed by atoms with Gasteiger partial charge in [-0.3, -0.25) is 14.5 Å². The summed E-state index contributed by atoms with van der Waals surface area (Å²) in [5, 5.41) is 9.84. The SMILES string of the molecule is CN(CCO)C1=C(c2ccccc2)C(=O)N(Cc2ccc(Cl)cc2)C1=O. The van der Waals surface area contributed by atoms with Crippen molar-refractivity contribution in [2.45, 2.75) is 6.54 Å². The molecule has 0 bridgehead atoms. The highest BCUT2D eigenvalue weighted by Gasteiger charge is 2.40. The van der Waals surface area contributed by atoms with Gasteiger partial charge in [0.2, 0.25) is 0 Å². The summed E-state index contributed by atoms with van der Waals surface area (Å²) in [6.45, 7) is 0.321. The first-order chi connectivity index (χ1) is 12.5. The first-order valence-electron chi connectivity index (χ1n) is 8.25. The predicted octanol–water partition coefficient (Wildman–Crippen LogP) is 2.54. The van der Waals surface area contributed by atoms with Crippen molar-refractivity contribution in [2.75, 3.05) is 20.2 Å². The molecular formula is C20H19ClN2O3. The molecule has 0 radical (unpaired) electrons. The Kier molecular flexibility index (Phi) is 5.40. The topological polar surface area (TPSA) is 60.9 Å². The van der Waals surface area contributed by atoms with Gasteiger partial charge >= 0.3 is 0 Å². The van der Waals surface area contributed by atoms with Gasteiger partial charge in [0.15, 0.2) is 0 Å². The number of halogens is 1. The van der Waals surface area contributed by atoms with Crippen LogP contribution in [-0.4, -0.2) is 46.9 Å². The molecule has 1 aliphatic rings. The monoisotopic (exact) mass is 370 g/mol. The zero-order valence-corrected chi connectivity index (χ0v) is 15.1. The van der Waals surface area contributed by atoms with E-state index in [2.05, 4.69) is 0 Å². The van der Waals surface area contributed by atoms with Crippen molar-refractivity contribution in [3.05, 3.63) is 76.4 Å². The van der Waals surface area contributed by atoms with Gasteiger partial charge in [-0.15, -0.1) is 0 Å². The first kappa shape index (κ1) is 18.2. The molecule has 0 aliphatic carbocycles. The van der Waals surface area contributed by atoms with E-state index in [4.69, 9.17) is 11.6 Å². The summed E-state index contributed by atoms with van der Waals surface area (Å²) in [4.78, 5) is 28.9. The van der Waals surface area contributed by atoms with Crippen LogP contribution in [0.25, 0.3) is 5.57 Å². The first-order valence-corrected chi connectivity index (χ1v) is 8.63. The van der Waals surface area contributed by atoms with E-state index in [1.165, 1.54) is 4.90 Å². The molecule has 134 valence electrons. The van der Waals surface area contributed by atoms with E-state index in [1.807, 2.05) is 18.2 Å². The number of aliphatic hydroxyl groups is 1. The molecule has 0 aromatic heterocycles. The summed E-state index contributed by atoms with van der Waals surface area (Å²) in [6, 6.07) is 16.2. The second-order valence-corrected chi connectivity index (χ2v) is 6.49. The largest absolute Gasteiger partial charge is 0.395 e. The highest BCUT2D eigenvalue weighted by atomic mass is 35.5. The molecule has 5 nitrogen and oxygen atoms in total. The van der Waals surface area contributed by atoms with Crippen molar-refractivity contribution in [1.29, 1.82) is 0 Å². The van der Waals surface area contributed by atoms with Gasteiger partial charge in [-0.25, -0.2) is 0 Å². The van der Waals surface area contributed by atoms with Crippen LogP contribution in [0.15, 0.2) is 60.3 Å². The molecule has 26 heavy (non-hydrogen) atoms. The second kappa shape index (κ2) is 7.72. The molecule has 6 heteroatoms. The third-order valence-electron chi connectivity index (χ3n) is 4.28. The lowest BCUT2D eigenvalue weighted by Crippen LogP contribution is -2.34. The second-order valence-electron chi connectivity index (χ2n) is 6.06. The maximum atomic E-state index is 13.0. The Labute approximate surface area is 157 Å². The molecule has 2 aromatic rings. The van der Waals surface area contributed by atoms with Crippen LogP contribution in [0.5, 0.6) is 0 Å². The third-order valence-corrected chi connectivity index (χ3v) is 4.53. The van der Waals surface area contributed by atoms with E-state index in [-0.39, 0.29) is 31.5 Å². The molecule has 1 N–H and O–H groups in total. The number of nitrogens with zero attached hydrogens (tertiary/aromatic N) is 2. The van der Waals surface area contributed by atoms with Crippen LogP contribution in [0.1, 0.15) is 11.1 Å². The number of amides is 2. The molecule has 1 heterocycles. The maximum absolute atomic E-state index is 13.0. The molecule has 0 saturated heterocycles. The number of benzene rings is 2. The van der Waals surface area contributed by atoms with Gasteiger partial charge < -0.3 is 10.0 Å². The Bertz CT molecular complexity index is 847. The highest BCUT2D eigenvalue weighted by molar-refractivity contribution is 6.35. The zero-order chi connectivity index (χ0) is 18.7. The minimum absolute atomic E-state index is 0.110. The van der Waals surface area contributed by atoms with Crippen LogP contribution in [0.4, 0.5) is 0 Å². The fraction of sp³-hybridized carbons (Fsp3) is 0.200. The zero-order valence-electron chi connectivity index (χ0n) is 14.4. The predicted molar refractivity (Wildman–Crippen MR) is 100 cm³/mol. The number of carbonyl (C=O) groups excluding carboxylic acids is 2. The Morgan fingerprint density at radius 2 is 1.65 bits per heavy atom. The van der Waals surface area contributed by atoms with Crippen LogP contribution < -0.4 is 0 Å². The van der Waals surface area contributed by atoms with E-state index in [0.29, 0.717) is 21.9 Å². The molecule has 1 aliphatic heterocycles. The molecule has 0 unspecified atom stereocenters. The Balaban J connectivity index is 1.98. The van der Waals surface area contributed by atoms with Gasteiger partial charge in [0, 0.05) is 18.6 Å². The molecule has 0 spiro atoms. The molecule has 0 fully saturated rings. The van der Waals surface area contributed by atoms with Gasteiger partial charge in [0.25, 0.3) is 11.8 Å². The average molecular weight is 371 g/mol. The lowest BCUT2D eigenvalue weighted by molar-refractivity contribution is -0.138. The van der Waals surface area contributed by atoms with Gasteiger partial charge in [-0.2, -0.15) is 0 Å². The smallest absolute Gasteiger partial charge is 0.278 e. The van der Waals surface area contributed by atoms with Crippen molar-refractivity contribution in [3.63, 3.8) is 0 Å². The standard InChI is InChI=1S/C20H19ClN2O3/c1-22(11-12-24)18-17(15-5-3-2-4-6-15)19(25)23(20(18)26)13-14-7-9-16(21)10-8-14/h2-10,24H,11-13H2,1H3. The fourth-order valence-corrected chi connectivity index (χ4v) is 3.09. The van der Waals surface area contributed by atoms with Crippen LogP contribution >= 0.6 is 11.6 Å². The van der Waals surface area contributed by atoms with Crippen LogP contribution in [0, 0.1) is 0 Å². The third kappa shape index (κ3) is 3.49. The Morgan fingerprint density at radius 1 is 1.00 bits per heavy atom. The number of rotatable bonds is 6. The van der Waals surface area contributed by atoms with Crippen LogP contribution in [0.3, 0.4) is 0 Å². The Morgan fingerprint density at radius 3 is 2.27 bits per heavy atom. The fourth-order valence-electron chi connectivity index (χ4n) is 2.96. The van der Waals surface area contributed by atoms with Crippen molar-refractivity contribution in [3.8, 4) is 0 Å². The summed E-state index contributed by atoms with van der Waals surface area (Å²) in [7, 11) is 1.70. The van der Waals surface area contributed by atoms with Crippen molar-refractivity contribution < 1.29 is 14.7 Å². The number of aliphatic hydroxyl groups excluding tert-OH is 1. The summed E-state index contributed by atoms with van der Waals surface area (Å²) in [5.41, 5.74) is 2.17. The number of imide groups is 1. The minimum atomic E-state index is -0.361. The molecule has 0 atom stereocenters. The van der Waals surface area contributed by atoms with Gasteiger partial charge in [-0.1, -0.05) is 54.1 Å². The van der Waals surface area contributed by atoms with Gasteiger partial charge in [-0.05, 0) is 23.3 Å². The van der Waals surface area contributed by atoms with E-state index in [0.717, 1.165) is 5.56 Å². The Hall–Kier alpha value is -2.63. The summed E-state index contributed by atoms with van der Waals surface area (Å²) in [5.74, 6) is -0.698. The van der Waals surface area contributed by atoms with Crippen LogP contribution in [0.2, 0.25) is 5.02 Å². The molecule has 2 aromatic carbocycles.